The Bertz CT molecular complexity index is 690. The molecule has 0 aliphatic rings. The molecule has 5 nitrogen and oxygen atoms in total. The van der Waals surface area contributed by atoms with Crippen LogP contribution >= 0.6 is 0 Å². The van der Waals surface area contributed by atoms with Crippen molar-refractivity contribution in [2.75, 3.05) is 5.32 Å². The first-order valence-electron chi connectivity index (χ1n) is 8.13. The molecule has 1 aromatic carbocycles. The molecule has 0 aliphatic carbocycles. The summed E-state index contributed by atoms with van der Waals surface area (Å²) < 4.78 is 5.07. The summed E-state index contributed by atoms with van der Waals surface area (Å²) in [6.45, 7) is 7.97. The lowest BCUT2D eigenvalue weighted by Gasteiger charge is -2.21. The van der Waals surface area contributed by atoms with Gasteiger partial charge in [-0.1, -0.05) is 39.8 Å². The normalized spacial score (nSPS) is 12.2. The van der Waals surface area contributed by atoms with Crippen molar-refractivity contribution in [3.05, 3.63) is 54.0 Å². The van der Waals surface area contributed by atoms with Gasteiger partial charge >= 0.3 is 0 Å². The number of carbonyl (C=O) groups is 2. The van der Waals surface area contributed by atoms with E-state index in [1.165, 1.54) is 6.26 Å². The highest BCUT2D eigenvalue weighted by Gasteiger charge is 2.25. The molecule has 128 valence electrons. The Kier molecular flexibility index (Phi) is 5.79. The largest absolute Gasteiger partial charge is 0.459 e. The zero-order chi connectivity index (χ0) is 17.7. The lowest BCUT2D eigenvalue weighted by Crippen LogP contribution is -2.47. The second-order valence-corrected chi connectivity index (χ2v) is 6.44. The van der Waals surface area contributed by atoms with Gasteiger partial charge in [0, 0.05) is 5.69 Å². The van der Waals surface area contributed by atoms with Crippen molar-refractivity contribution in [1.82, 2.24) is 5.32 Å². The van der Waals surface area contributed by atoms with Gasteiger partial charge in [-0.2, -0.15) is 0 Å². The quantitative estimate of drug-likeness (QED) is 0.847. The Morgan fingerprint density at radius 1 is 1.04 bits per heavy atom. The zero-order valence-corrected chi connectivity index (χ0v) is 14.5. The molecule has 1 unspecified atom stereocenters. The molecule has 1 atom stereocenters. The minimum atomic E-state index is -0.648. The van der Waals surface area contributed by atoms with Crippen LogP contribution in [-0.2, 0) is 4.79 Å². The molecular formula is C19H24N2O3. The fourth-order valence-corrected chi connectivity index (χ4v) is 2.35. The van der Waals surface area contributed by atoms with Gasteiger partial charge < -0.3 is 15.1 Å². The van der Waals surface area contributed by atoms with Crippen LogP contribution < -0.4 is 10.6 Å². The van der Waals surface area contributed by atoms with E-state index < -0.39 is 11.9 Å². The van der Waals surface area contributed by atoms with Gasteiger partial charge in [0.15, 0.2) is 5.76 Å². The van der Waals surface area contributed by atoms with E-state index in [0.717, 1.165) is 11.3 Å². The summed E-state index contributed by atoms with van der Waals surface area (Å²) in [7, 11) is 0. The standard InChI is InChI=1S/C19H24N2O3/c1-12(2)14-7-5-8-15(11-14)20-19(23)17(13(3)4)21-18(22)16-9-6-10-24-16/h5-13,17H,1-4H3,(H,20,23)(H,21,22). The fourth-order valence-electron chi connectivity index (χ4n) is 2.35. The Hall–Kier alpha value is -2.56. The topological polar surface area (TPSA) is 71.3 Å². The van der Waals surface area contributed by atoms with E-state index >= 15 is 0 Å². The molecule has 0 aliphatic heterocycles. The first kappa shape index (κ1) is 17.8. The van der Waals surface area contributed by atoms with Crippen LogP contribution in [-0.4, -0.2) is 17.9 Å². The molecule has 0 saturated carbocycles. The second-order valence-electron chi connectivity index (χ2n) is 6.44. The number of rotatable bonds is 6. The van der Waals surface area contributed by atoms with Gasteiger partial charge in [-0.3, -0.25) is 9.59 Å². The highest BCUT2D eigenvalue weighted by molar-refractivity contribution is 6.00. The van der Waals surface area contributed by atoms with E-state index in [9.17, 15) is 9.59 Å². The van der Waals surface area contributed by atoms with Crippen LogP contribution in [0.2, 0.25) is 0 Å². The van der Waals surface area contributed by atoms with Crippen molar-refractivity contribution in [1.29, 1.82) is 0 Å². The number of benzene rings is 1. The molecule has 5 heteroatoms. The summed E-state index contributed by atoms with van der Waals surface area (Å²) in [6.07, 6.45) is 1.43. The third kappa shape index (κ3) is 4.47. The van der Waals surface area contributed by atoms with E-state index in [1.807, 2.05) is 38.1 Å². The molecule has 0 spiro atoms. The molecule has 0 bridgehead atoms. The molecule has 1 aromatic heterocycles. The van der Waals surface area contributed by atoms with Crippen molar-refractivity contribution >= 4 is 17.5 Å². The van der Waals surface area contributed by atoms with Gasteiger partial charge in [0.25, 0.3) is 5.91 Å². The van der Waals surface area contributed by atoms with Gasteiger partial charge in [0.05, 0.1) is 6.26 Å². The fraction of sp³-hybridized carbons (Fsp3) is 0.368. The average Bonchev–Trinajstić information content (AvgIpc) is 3.06. The highest BCUT2D eigenvalue weighted by atomic mass is 16.3. The van der Waals surface area contributed by atoms with Crippen LogP contribution in [0.5, 0.6) is 0 Å². The van der Waals surface area contributed by atoms with Crippen LogP contribution in [0.3, 0.4) is 0 Å². The maximum absolute atomic E-state index is 12.6. The SMILES string of the molecule is CC(C)c1cccc(NC(=O)C(NC(=O)c2ccco2)C(C)C)c1. The molecule has 2 aromatic rings. The summed E-state index contributed by atoms with van der Waals surface area (Å²) in [4.78, 5) is 24.7. The smallest absolute Gasteiger partial charge is 0.287 e. The predicted molar refractivity (Wildman–Crippen MR) is 94.0 cm³/mol. The van der Waals surface area contributed by atoms with Crippen LogP contribution in [0, 0.1) is 5.92 Å². The van der Waals surface area contributed by atoms with Gasteiger partial charge in [-0.15, -0.1) is 0 Å². The van der Waals surface area contributed by atoms with E-state index in [-0.39, 0.29) is 17.6 Å². The number of carbonyl (C=O) groups excluding carboxylic acids is 2. The predicted octanol–water partition coefficient (Wildman–Crippen LogP) is 3.80. The van der Waals surface area contributed by atoms with Crippen LogP contribution in [0.1, 0.15) is 49.7 Å². The lowest BCUT2D eigenvalue weighted by molar-refractivity contribution is -0.118. The Labute approximate surface area is 142 Å². The highest BCUT2D eigenvalue weighted by Crippen LogP contribution is 2.19. The number of anilines is 1. The van der Waals surface area contributed by atoms with Gasteiger partial charge in [0.1, 0.15) is 6.04 Å². The molecule has 0 saturated heterocycles. The summed E-state index contributed by atoms with van der Waals surface area (Å²) in [5.41, 5.74) is 1.87. The Morgan fingerprint density at radius 2 is 1.79 bits per heavy atom. The van der Waals surface area contributed by atoms with Gasteiger partial charge in [-0.05, 0) is 41.7 Å². The van der Waals surface area contributed by atoms with Crippen LogP contribution in [0.4, 0.5) is 5.69 Å². The van der Waals surface area contributed by atoms with E-state index in [0.29, 0.717) is 5.92 Å². The summed E-state index contributed by atoms with van der Waals surface area (Å²) in [6, 6.07) is 10.3. The van der Waals surface area contributed by atoms with Crippen LogP contribution in [0.25, 0.3) is 0 Å². The number of furan rings is 1. The lowest BCUT2D eigenvalue weighted by atomic mass is 10.0. The molecule has 2 rings (SSSR count). The molecule has 2 N–H and O–H groups in total. The van der Waals surface area contributed by atoms with Crippen molar-refractivity contribution in [2.24, 2.45) is 5.92 Å². The van der Waals surface area contributed by atoms with E-state index in [2.05, 4.69) is 24.5 Å². The molecule has 24 heavy (non-hydrogen) atoms. The molecule has 0 radical (unpaired) electrons. The molecule has 1 heterocycles. The summed E-state index contributed by atoms with van der Waals surface area (Å²) >= 11 is 0. The summed E-state index contributed by atoms with van der Waals surface area (Å²) in [5.74, 6) is -0.135. The zero-order valence-electron chi connectivity index (χ0n) is 14.5. The number of amides is 2. The van der Waals surface area contributed by atoms with Gasteiger partial charge in [-0.25, -0.2) is 0 Å². The molecular weight excluding hydrogens is 304 g/mol. The first-order chi connectivity index (χ1) is 11.4. The minimum absolute atomic E-state index is 0.0582. The second kappa shape index (κ2) is 7.81. The van der Waals surface area contributed by atoms with Crippen molar-refractivity contribution < 1.29 is 14.0 Å². The van der Waals surface area contributed by atoms with Crippen molar-refractivity contribution in [3.8, 4) is 0 Å². The van der Waals surface area contributed by atoms with Crippen molar-refractivity contribution in [3.63, 3.8) is 0 Å². The number of hydrogen-bond acceptors (Lipinski definition) is 3. The number of hydrogen-bond donors (Lipinski definition) is 2. The average molecular weight is 328 g/mol. The maximum atomic E-state index is 12.6. The third-order valence-corrected chi connectivity index (χ3v) is 3.80. The third-order valence-electron chi connectivity index (χ3n) is 3.80. The Morgan fingerprint density at radius 3 is 2.38 bits per heavy atom. The van der Waals surface area contributed by atoms with Crippen molar-refractivity contribution in [2.45, 2.75) is 39.7 Å². The Balaban J connectivity index is 2.09. The first-order valence-corrected chi connectivity index (χ1v) is 8.13. The summed E-state index contributed by atoms with van der Waals surface area (Å²) in [5, 5.41) is 5.62. The van der Waals surface area contributed by atoms with Crippen LogP contribution in [0.15, 0.2) is 47.1 Å². The molecule has 2 amide bonds. The van der Waals surface area contributed by atoms with Gasteiger partial charge in [0.2, 0.25) is 5.91 Å². The van der Waals surface area contributed by atoms with E-state index in [1.54, 1.807) is 12.1 Å². The maximum Gasteiger partial charge on any atom is 0.287 e. The number of nitrogens with one attached hydrogen (secondary N) is 2. The molecule has 0 fully saturated rings. The monoisotopic (exact) mass is 328 g/mol. The van der Waals surface area contributed by atoms with E-state index in [4.69, 9.17) is 4.42 Å². The minimum Gasteiger partial charge on any atom is -0.459 e.